The second-order valence-corrected chi connectivity index (χ2v) is 6.59. The first-order chi connectivity index (χ1) is 7.98. The van der Waals surface area contributed by atoms with Gasteiger partial charge in [-0.2, -0.15) is 8.42 Å². The van der Waals surface area contributed by atoms with Gasteiger partial charge in [-0.15, -0.1) is 0 Å². The van der Waals surface area contributed by atoms with E-state index in [2.05, 4.69) is 0 Å². The van der Waals surface area contributed by atoms with E-state index < -0.39 is 10.4 Å². The Labute approximate surface area is 104 Å². The maximum absolute atomic E-state index is 11.7. The molecule has 100 valence electrons. The van der Waals surface area contributed by atoms with Crippen LogP contribution in [0.15, 0.2) is 0 Å². The van der Waals surface area contributed by atoms with Crippen LogP contribution in [0.4, 0.5) is 0 Å². The molecule has 0 aliphatic heterocycles. The van der Waals surface area contributed by atoms with Gasteiger partial charge in [0.2, 0.25) is 0 Å². The van der Waals surface area contributed by atoms with Crippen molar-refractivity contribution in [3.8, 4) is 0 Å². The molecule has 0 amide bonds. The average Bonchev–Trinajstić information content (AvgIpc) is 1.91. The lowest BCUT2D eigenvalue weighted by Gasteiger charge is -2.32. The molecule has 5 heteroatoms. The Kier molecular flexibility index (Phi) is 4.10. The van der Waals surface area contributed by atoms with Crippen molar-refractivity contribution in [2.75, 3.05) is 0 Å². The Balaban J connectivity index is 1.80. The Bertz CT molecular complexity index is 316. The van der Waals surface area contributed by atoms with Gasteiger partial charge in [0.05, 0.1) is 12.2 Å². The number of hydrogen-bond acceptors (Lipinski definition) is 4. The molecule has 2 aliphatic rings. The van der Waals surface area contributed by atoms with Crippen LogP contribution in [0.5, 0.6) is 0 Å². The monoisotopic (exact) mass is 262 g/mol. The number of hydrogen-bond donors (Lipinski definition) is 0. The zero-order chi connectivity index (χ0) is 12.5. The van der Waals surface area contributed by atoms with E-state index in [1.807, 2.05) is 13.8 Å². The van der Waals surface area contributed by atoms with Crippen molar-refractivity contribution < 1.29 is 16.8 Å². The summed E-state index contributed by atoms with van der Waals surface area (Å²) < 4.78 is 33.6. The van der Waals surface area contributed by atoms with Gasteiger partial charge in [0.1, 0.15) is 0 Å². The summed E-state index contributed by atoms with van der Waals surface area (Å²) in [6, 6.07) is 0. The van der Waals surface area contributed by atoms with Gasteiger partial charge in [-0.25, -0.2) is 8.37 Å². The van der Waals surface area contributed by atoms with Crippen molar-refractivity contribution in [1.82, 2.24) is 0 Å². The fraction of sp³-hybridized carbons (Fsp3) is 1.00. The lowest BCUT2D eigenvalue weighted by molar-refractivity contribution is 0.0478. The molecule has 2 saturated carbocycles. The van der Waals surface area contributed by atoms with Crippen LogP contribution in [-0.2, 0) is 18.8 Å². The molecule has 2 rings (SSSR count). The SMILES string of the molecule is CC(OS(=O)(=O)OC(C)C1CCC1)C1CCC1. The van der Waals surface area contributed by atoms with Gasteiger partial charge in [-0.3, -0.25) is 0 Å². The molecule has 0 saturated heterocycles. The predicted octanol–water partition coefficient (Wildman–Crippen LogP) is 2.64. The van der Waals surface area contributed by atoms with E-state index in [1.165, 1.54) is 12.8 Å². The predicted molar refractivity (Wildman–Crippen MR) is 64.7 cm³/mol. The molecule has 0 aromatic heterocycles. The lowest BCUT2D eigenvalue weighted by Crippen LogP contribution is -2.33. The second-order valence-electron chi connectivity index (χ2n) is 5.39. The highest BCUT2D eigenvalue weighted by molar-refractivity contribution is 7.81. The molecule has 0 N–H and O–H groups in total. The van der Waals surface area contributed by atoms with Gasteiger partial charge in [-0.05, 0) is 51.4 Å². The third-order valence-corrected chi connectivity index (χ3v) is 5.25. The van der Waals surface area contributed by atoms with E-state index >= 15 is 0 Å². The second kappa shape index (κ2) is 5.24. The summed E-state index contributed by atoms with van der Waals surface area (Å²) in [6.45, 7) is 3.64. The van der Waals surface area contributed by atoms with Crippen LogP contribution in [0.25, 0.3) is 0 Å². The van der Waals surface area contributed by atoms with Gasteiger partial charge in [0.15, 0.2) is 0 Å². The van der Waals surface area contributed by atoms with E-state index in [0.29, 0.717) is 11.8 Å². The summed E-state index contributed by atoms with van der Waals surface area (Å²) in [7, 11) is -3.82. The molecule has 2 unspecified atom stereocenters. The topological polar surface area (TPSA) is 52.6 Å². The molecule has 4 nitrogen and oxygen atoms in total. The highest BCUT2D eigenvalue weighted by atomic mass is 32.3. The third kappa shape index (κ3) is 3.42. The van der Waals surface area contributed by atoms with Crippen LogP contribution >= 0.6 is 0 Å². The first-order valence-corrected chi connectivity index (χ1v) is 7.93. The highest BCUT2D eigenvalue weighted by Gasteiger charge is 2.32. The molecule has 0 bridgehead atoms. The Morgan fingerprint density at radius 2 is 1.24 bits per heavy atom. The van der Waals surface area contributed by atoms with E-state index in [-0.39, 0.29) is 12.2 Å². The summed E-state index contributed by atoms with van der Waals surface area (Å²) in [5.41, 5.74) is 0. The molecule has 17 heavy (non-hydrogen) atoms. The average molecular weight is 262 g/mol. The summed E-state index contributed by atoms with van der Waals surface area (Å²) in [5, 5.41) is 0. The molecule has 0 aromatic carbocycles. The third-order valence-electron chi connectivity index (χ3n) is 4.17. The van der Waals surface area contributed by atoms with Crippen LogP contribution in [0.3, 0.4) is 0 Å². The maximum Gasteiger partial charge on any atom is 0.400 e. The van der Waals surface area contributed by atoms with Crippen molar-refractivity contribution in [2.45, 2.75) is 64.6 Å². The van der Waals surface area contributed by atoms with Crippen LogP contribution in [0, 0.1) is 11.8 Å². The standard InChI is InChI=1S/C12H22O4S/c1-9(11-5-3-6-11)15-17(13,14)16-10(2)12-7-4-8-12/h9-12H,3-8H2,1-2H3. The summed E-state index contributed by atoms with van der Waals surface area (Å²) >= 11 is 0. The lowest BCUT2D eigenvalue weighted by atomic mass is 9.82. The minimum absolute atomic E-state index is 0.248. The normalized spacial score (nSPS) is 26.0. The highest BCUT2D eigenvalue weighted by Crippen LogP contribution is 2.34. The molecule has 2 aliphatic carbocycles. The Morgan fingerprint density at radius 1 is 0.882 bits per heavy atom. The molecular weight excluding hydrogens is 240 g/mol. The summed E-state index contributed by atoms with van der Waals surface area (Å²) in [4.78, 5) is 0. The van der Waals surface area contributed by atoms with E-state index in [1.54, 1.807) is 0 Å². The largest absolute Gasteiger partial charge is 0.400 e. The fourth-order valence-electron chi connectivity index (χ4n) is 2.37. The van der Waals surface area contributed by atoms with Crippen molar-refractivity contribution in [2.24, 2.45) is 11.8 Å². The zero-order valence-electron chi connectivity index (χ0n) is 10.6. The van der Waals surface area contributed by atoms with Crippen LogP contribution in [0.1, 0.15) is 52.4 Å². The summed E-state index contributed by atoms with van der Waals surface area (Å²) in [5.74, 6) is 0.764. The summed E-state index contributed by atoms with van der Waals surface area (Å²) in [6.07, 6.45) is 6.12. The molecule has 2 atom stereocenters. The molecule has 2 fully saturated rings. The molecule has 0 radical (unpaired) electrons. The minimum atomic E-state index is -3.82. The molecule has 0 spiro atoms. The van der Waals surface area contributed by atoms with Crippen molar-refractivity contribution in [3.05, 3.63) is 0 Å². The van der Waals surface area contributed by atoms with Crippen molar-refractivity contribution >= 4 is 10.4 Å². The zero-order valence-corrected chi connectivity index (χ0v) is 11.4. The Morgan fingerprint density at radius 3 is 1.47 bits per heavy atom. The van der Waals surface area contributed by atoms with Gasteiger partial charge >= 0.3 is 10.4 Å². The molecule has 0 heterocycles. The van der Waals surface area contributed by atoms with E-state index in [9.17, 15) is 8.42 Å². The fourth-order valence-corrected chi connectivity index (χ4v) is 3.47. The minimum Gasteiger partial charge on any atom is -0.245 e. The number of rotatable bonds is 6. The van der Waals surface area contributed by atoms with Crippen molar-refractivity contribution in [1.29, 1.82) is 0 Å². The van der Waals surface area contributed by atoms with E-state index in [0.717, 1.165) is 25.7 Å². The maximum atomic E-state index is 11.7. The van der Waals surface area contributed by atoms with Gasteiger partial charge in [-0.1, -0.05) is 12.8 Å². The smallest absolute Gasteiger partial charge is 0.245 e. The van der Waals surface area contributed by atoms with Crippen LogP contribution in [0.2, 0.25) is 0 Å². The Hall–Kier alpha value is -0.130. The molecule has 0 aromatic rings. The molecular formula is C12H22O4S. The van der Waals surface area contributed by atoms with Gasteiger partial charge in [0.25, 0.3) is 0 Å². The van der Waals surface area contributed by atoms with Gasteiger partial charge in [0, 0.05) is 0 Å². The van der Waals surface area contributed by atoms with Crippen LogP contribution < -0.4 is 0 Å². The first kappa shape index (κ1) is 13.3. The van der Waals surface area contributed by atoms with Gasteiger partial charge < -0.3 is 0 Å². The van der Waals surface area contributed by atoms with Crippen LogP contribution in [-0.4, -0.2) is 20.6 Å². The van der Waals surface area contributed by atoms with Crippen molar-refractivity contribution in [3.63, 3.8) is 0 Å². The quantitative estimate of drug-likeness (QED) is 0.738. The first-order valence-electron chi connectivity index (χ1n) is 6.59. The van der Waals surface area contributed by atoms with E-state index in [4.69, 9.17) is 8.37 Å².